The van der Waals surface area contributed by atoms with Crippen LogP contribution >= 0.6 is 11.8 Å². The summed E-state index contributed by atoms with van der Waals surface area (Å²) < 4.78 is 5.16. The summed E-state index contributed by atoms with van der Waals surface area (Å²) in [7, 11) is 1.76. The van der Waals surface area contributed by atoms with Crippen LogP contribution in [0.15, 0.2) is 24.3 Å². The molecule has 0 spiro atoms. The number of hydrogen-bond acceptors (Lipinski definition) is 3. The molecule has 0 radical (unpaired) electrons. The standard InChI is InChI=1S/C14H21NOS/c1-11-9-13(10-17-11)15-14-6-4-3-5-12(14)7-8-16-2/h3-6,11,13,15H,7-10H2,1-2H3. The van der Waals surface area contributed by atoms with Gasteiger partial charge in [-0.25, -0.2) is 0 Å². The highest BCUT2D eigenvalue weighted by Crippen LogP contribution is 2.29. The van der Waals surface area contributed by atoms with Crippen molar-refractivity contribution in [3.63, 3.8) is 0 Å². The van der Waals surface area contributed by atoms with Gasteiger partial charge < -0.3 is 10.1 Å². The van der Waals surface area contributed by atoms with Crippen LogP contribution in [0.3, 0.4) is 0 Å². The molecule has 0 aromatic heterocycles. The highest BCUT2D eigenvalue weighted by molar-refractivity contribution is 8.00. The van der Waals surface area contributed by atoms with Crippen molar-refractivity contribution < 1.29 is 4.74 Å². The summed E-state index contributed by atoms with van der Waals surface area (Å²) in [5.74, 6) is 1.22. The van der Waals surface area contributed by atoms with Gasteiger partial charge in [0.2, 0.25) is 0 Å². The molecule has 0 amide bonds. The fourth-order valence-electron chi connectivity index (χ4n) is 2.23. The number of ether oxygens (including phenoxy) is 1. The van der Waals surface area contributed by atoms with Crippen molar-refractivity contribution in [3.05, 3.63) is 29.8 Å². The van der Waals surface area contributed by atoms with Gasteiger partial charge in [0.1, 0.15) is 0 Å². The van der Waals surface area contributed by atoms with Crippen LogP contribution < -0.4 is 5.32 Å². The molecule has 94 valence electrons. The van der Waals surface area contributed by atoms with E-state index >= 15 is 0 Å². The Morgan fingerprint density at radius 3 is 2.94 bits per heavy atom. The largest absolute Gasteiger partial charge is 0.384 e. The SMILES string of the molecule is COCCc1ccccc1NC1CSC(C)C1. The van der Waals surface area contributed by atoms with Gasteiger partial charge in [0.05, 0.1) is 6.61 Å². The topological polar surface area (TPSA) is 21.3 Å². The molecule has 2 unspecified atom stereocenters. The minimum atomic E-state index is 0.624. The molecule has 17 heavy (non-hydrogen) atoms. The molecule has 1 aromatic rings. The lowest BCUT2D eigenvalue weighted by molar-refractivity contribution is 0.202. The Hall–Kier alpha value is -0.670. The Morgan fingerprint density at radius 1 is 1.41 bits per heavy atom. The molecule has 3 heteroatoms. The van der Waals surface area contributed by atoms with E-state index in [2.05, 4.69) is 48.3 Å². The second-order valence-corrected chi connectivity index (χ2v) is 6.09. The maximum atomic E-state index is 5.16. The molecule has 1 fully saturated rings. The van der Waals surface area contributed by atoms with E-state index in [0.29, 0.717) is 6.04 Å². The van der Waals surface area contributed by atoms with Crippen LogP contribution in [0.1, 0.15) is 18.9 Å². The fraction of sp³-hybridized carbons (Fsp3) is 0.571. The first-order valence-corrected chi connectivity index (χ1v) is 7.29. The van der Waals surface area contributed by atoms with Gasteiger partial charge in [-0.15, -0.1) is 0 Å². The molecule has 2 nitrogen and oxygen atoms in total. The van der Waals surface area contributed by atoms with Crippen LogP contribution in [0, 0.1) is 0 Å². The molecule has 0 aliphatic carbocycles. The lowest BCUT2D eigenvalue weighted by atomic mass is 10.1. The van der Waals surface area contributed by atoms with Crippen molar-refractivity contribution >= 4 is 17.4 Å². The van der Waals surface area contributed by atoms with E-state index in [-0.39, 0.29) is 0 Å². The van der Waals surface area contributed by atoms with Gasteiger partial charge in [-0.1, -0.05) is 25.1 Å². The van der Waals surface area contributed by atoms with Crippen molar-refractivity contribution in [2.24, 2.45) is 0 Å². The molecular weight excluding hydrogens is 230 g/mol. The monoisotopic (exact) mass is 251 g/mol. The number of benzene rings is 1. The number of thioether (sulfide) groups is 1. The average molecular weight is 251 g/mol. The van der Waals surface area contributed by atoms with Crippen molar-refractivity contribution in [2.75, 3.05) is 24.8 Å². The summed E-state index contributed by atoms with van der Waals surface area (Å²) >= 11 is 2.06. The Bertz CT molecular complexity index is 356. The number of hydrogen-bond donors (Lipinski definition) is 1. The molecule has 1 aromatic carbocycles. The number of para-hydroxylation sites is 1. The van der Waals surface area contributed by atoms with Crippen LogP contribution in [0.25, 0.3) is 0 Å². The molecule has 0 saturated carbocycles. The van der Waals surface area contributed by atoms with Crippen LogP contribution in [0.4, 0.5) is 5.69 Å². The summed E-state index contributed by atoms with van der Waals surface area (Å²) in [5.41, 5.74) is 2.64. The van der Waals surface area contributed by atoms with E-state index in [9.17, 15) is 0 Å². The maximum absolute atomic E-state index is 5.16. The highest BCUT2D eigenvalue weighted by atomic mass is 32.2. The van der Waals surface area contributed by atoms with E-state index in [1.807, 2.05) is 0 Å². The van der Waals surface area contributed by atoms with Gasteiger partial charge in [0, 0.05) is 29.8 Å². The molecule has 1 aliphatic heterocycles. The van der Waals surface area contributed by atoms with Crippen LogP contribution in [0.5, 0.6) is 0 Å². The minimum Gasteiger partial charge on any atom is -0.384 e. The lowest BCUT2D eigenvalue weighted by Gasteiger charge is -2.16. The third-order valence-corrected chi connectivity index (χ3v) is 4.51. The summed E-state index contributed by atoms with van der Waals surface area (Å²) in [5, 5.41) is 4.46. The van der Waals surface area contributed by atoms with Gasteiger partial charge in [-0.05, 0) is 24.5 Å². The summed E-state index contributed by atoms with van der Waals surface area (Å²) in [6, 6.07) is 9.19. The summed E-state index contributed by atoms with van der Waals surface area (Å²) in [4.78, 5) is 0. The highest BCUT2D eigenvalue weighted by Gasteiger charge is 2.21. The Morgan fingerprint density at radius 2 is 2.24 bits per heavy atom. The smallest absolute Gasteiger partial charge is 0.0503 e. The molecular formula is C14H21NOS. The normalized spacial score (nSPS) is 23.9. The average Bonchev–Trinajstić information content (AvgIpc) is 2.74. The van der Waals surface area contributed by atoms with Crippen LogP contribution in [0.2, 0.25) is 0 Å². The molecule has 1 aliphatic rings. The first kappa shape index (κ1) is 12.8. The molecule has 1 heterocycles. The summed E-state index contributed by atoms with van der Waals surface area (Å²) in [6.07, 6.45) is 2.25. The third kappa shape index (κ3) is 3.65. The van der Waals surface area contributed by atoms with E-state index in [4.69, 9.17) is 4.74 Å². The Kier molecular flexibility index (Phi) is 4.75. The van der Waals surface area contributed by atoms with Crippen molar-refractivity contribution in [2.45, 2.75) is 31.1 Å². The maximum Gasteiger partial charge on any atom is 0.0503 e. The zero-order chi connectivity index (χ0) is 12.1. The van der Waals surface area contributed by atoms with E-state index in [0.717, 1.165) is 18.3 Å². The second-order valence-electron chi connectivity index (χ2n) is 4.62. The number of nitrogens with one attached hydrogen (secondary N) is 1. The van der Waals surface area contributed by atoms with Gasteiger partial charge in [0.15, 0.2) is 0 Å². The van der Waals surface area contributed by atoms with Gasteiger partial charge in [-0.2, -0.15) is 11.8 Å². The second kappa shape index (κ2) is 6.31. The van der Waals surface area contributed by atoms with E-state index < -0.39 is 0 Å². The zero-order valence-corrected chi connectivity index (χ0v) is 11.4. The lowest BCUT2D eigenvalue weighted by Crippen LogP contribution is -2.20. The van der Waals surface area contributed by atoms with Gasteiger partial charge in [0.25, 0.3) is 0 Å². The van der Waals surface area contributed by atoms with Gasteiger partial charge >= 0.3 is 0 Å². The first-order valence-electron chi connectivity index (χ1n) is 6.24. The zero-order valence-electron chi connectivity index (χ0n) is 10.6. The summed E-state index contributed by atoms with van der Waals surface area (Å²) in [6.45, 7) is 3.09. The Labute approximate surface area is 108 Å². The number of rotatable bonds is 5. The van der Waals surface area contributed by atoms with Crippen molar-refractivity contribution in [1.29, 1.82) is 0 Å². The molecule has 0 bridgehead atoms. The molecule has 1 N–H and O–H groups in total. The van der Waals surface area contributed by atoms with E-state index in [1.54, 1.807) is 7.11 Å². The van der Waals surface area contributed by atoms with Crippen LogP contribution in [-0.4, -0.2) is 30.8 Å². The molecule has 2 rings (SSSR count). The molecule has 2 atom stereocenters. The number of anilines is 1. The van der Waals surface area contributed by atoms with Crippen molar-refractivity contribution in [1.82, 2.24) is 0 Å². The van der Waals surface area contributed by atoms with Gasteiger partial charge in [-0.3, -0.25) is 0 Å². The first-order chi connectivity index (χ1) is 8.29. The predicted molar refractivity (Wildman–Crippen MR) is 76.0 cm³/mol. The van der Waals surface area contributed by atoms with Crippen LogP contribution in [-0.2, 0) is 11.2 Å². The van der Waals surface area contributed by atoms with Crippen molar-refractivity contribution in [3.8, 4) is 0 Å². The Balaban J connectivity index is 1.99. The number of methoxy groups -OCH3 is 1. The predicted octanol–water partition coefficient (Wildman–Crippen LogP) is 3.18. The minimum absolute atomic E-state index is 0.624. The van der Waals surface area contributed by atoms with E-state index in [1.165, 1.54) is 23.4 Å². The fourth-order valence-corrected chi connectivity index (χ4v) is 3.38. The quantitative estimate of drug-likeness (QED) is 0.868. The third-order valence-electron chi connectivity index (χ3n) is 3.15. The molecule has 1 saturated heterocycles.